The molecule has 2 aliphatic rings. The van der Waals surface area contributed by atoms with Crippen molar-refractivity contribution in [1.29, 1.82) is 0 Å². The molecule has 0 spiro atoms. The predicted molar refractivity (Wildman–Crippen MR) is 65.8 cm³/mol. The van der Waals surface area contributed by atoms with Crippen molar-refractivity contribution in [2.45, 2.75) is 12.0 Å². The second-order valence-corrected chi connectivity index (χ2v) is 4.61. The molecule has 1 aromatic carbocycles. The highest BCUT2D eigenvalue weighted by Gasteiger charge is 2.56. The summed E-state index contributed by atoms with van der Waals surface area (Å²) >= 11 is 0. The summed E-state index contributed by atoms with van der Waals surface area (Å²) in [6.07, 6.45) is -1.47. The summed E-state index contributed by atoms with van der Waals surface area (Å²) in [7, 11) is 1.30. The molecule has 0 aromatic heterocycles. The lowest BCUT2D eigenvalue weighted by Crippen LogP contribution is -2.55. The lowest BCUT2D eigenvalue weighted by atomic mass is 9.82. The van der Waals surface area contributed by atoms with Gasteiger partial charge in [-0.3, -0.25) is 14.5 Å². The fraction of sp³-hybridized carbons (Fsp3) is 0.250. The van der Waals surface area contributed by atoms with Gasteiger partial charge in [0, 0.05) is 24.0 Å². The molecule has 98 valence electrons. The second-order valence-electron chi connectivity index (χ2n) is 4.61. The van der Waals surface area contributed by atoms with Crippen LogP contribution in [0.25, 0.3) is 0 Å². The Morgan fingerprint density at radius 2 is 1.95 bits per heavy atom. The number of benzene rings is 1. The normalized spacial score (nSPS) is 23.4. The van der Waals surface area contributed by atoms with Crippen LogP contribution in [0, 0.1) is 0 Å². The average Bonchev–Trinajstić information content (AvgIpc) is 2.63. The van der Waals surface area contributed by atoms with Gasteiger partial charge in [0.15, 0.2) is 5.54 Å². The molecular formula is C12H11N3O4. The minimum absolute atomic E-state index is 0.217. The first-order valence-corrected chi connectivity index (χ1v) is 5.68. The van der Waals surface area contributed by atoms with E-state index in [1.165, 1.54) is 7.05 Å². The Bertz CT molecular complexity index is 627. The molecule has 3 amide bonds. The number of rotatable bonds is 1. The van der Waals surface area contributed by atoms with Crippen molar-refractivity contribution in [3.63, 3.8) is 0 Å². The Balaban J connectivity index is 2.30. The van der Waals surface area contributed by atoms with Crippen LogP contribution in [0.4, 0.5) is 16.2 Å². The van der Waals surface area contributed by atoms with E-state index in [0.29, 0.717) is 16.9 Å². The molecule has 0 saturated heterocycles. The van der Waals surface area contributed by atoms with Gasteiger partial charge in [-0.2, -0.15) is 0 Å². The third kappa shape index (κ3) is 1.29. The number of carboxylic acid groups (broad SMARTS) is 1. The third-order valence-corrected chi connectivity index (χ3v) is 3.65. The molecular weight excluding hydrogens is 250 g/mol. The van der Waals surface area contributed by atoms with E-state index in [2.05, 4.69) is 10.6 Å². The molecule has 3 rings (SSSR count). The molecule has 0 fully saturated rings. The van der Waals surface area contributed by atoms with Gasteiger partial charge in [0.2, 0.25) is 5.91 Å². The summed E-state index contributed by atoms with van der Waals surface area (Å²) in [4.78, 5) is 36.2. The highest BCUT2D eigenvalue weighted by Crippen LogP contribution is 2.48. The lowest BCUT2D eigenvalue weighted by Gasteiger charge is -2.38. The molecule has 3 N–H and O–H groups in total. The topological polar surface area (TPSA) is 98.7 Å². The molecule has 7 nitrogen and oxygen atoms in total. The first-order chi connectivity index (χ1) is 8.96. The zero-order chi connectivity index (χ0) is 13.8. The molecule has 1 atom stereocenters. The van der Waals surface area contributed by atoms with Crippen LogP contribution >= 0.6 is 0 Å². The lowest BCUT2D eigenvalue weighted by molar-refractivity contribution is -0.131. The van der Waals surface area contributed by atoms with Crippen LogP contribution in [-0.4, -0.2) is 35.0 Å². The van der Waals surface area contributed by atoms with E-state index in [0.717, 1.165) is 4.90 Å². The zero-order valence-electron chi connectivity index (χ0n) is 10.1. The Morgan fingerprint density at radius 3 is 2.58 bits per heavy atom. The molecule has 1 unspecified atom stereocenters. The maximum atomic E-state index is 12.3. The number of nitrogens with zero attached hydrogens (tertiary/aromatic N) is 1. The molecule has 1 aromatic rings. The summed E-state index contributed by atoms with van der Waals surface area (Å²) in [6, 6.07) is 5.03. The molecule has 0 aliphatic carbocycles. The number of anilines is 2. The van der Waals surface area contributed by atoms with Gasteiger partial charge in [0.25, 0.3) is 5.91 Å². The van der Waals surface area contributed by atoms with Crippen molar-refractivity contribution in [3.05, 3.63) is 23.8 Å². The van der Waals surface area contributed by atoms with Gasteiger partial charge in [0.05, 0.1) is 6.42 Å². The minimum Gasteiger partial charge on any atom is -0.465 e. The quantitative estimate of drug-likeness (QED) is 0.695. The van der Waals surface area contributed by atoms with Crippen LogP contribution in [-0.2, 0) is 15.1 Å². The van der Waals surface area contributed by atoms with E-state index in [-0.39, 0.29) is 12.3 Å². The standard InChI is InChI=1S/C12H11N3O4/c1-15(11(18)19)12-5-8(16)13-6-3-2-4-7(9(6)12)14-10(12)17/h2-4H,5H2,1H3,(H,13,16)(H,14,17)(H,18,19). The summed E-state index contributed by atoms with van der Waals surface area (Å²) in [5.41, 5.74) is 0.0559. The predicted octanol–water partition coefficient (Wildman–Crippen LogP) is 0.786. The Morgan fingerprint density at radius 1 is 1.32 bits per heavy atom. The maximum absolute atomic E-state index is 12.3. The molecule has 0 radical (unpaired) electrons. The highest BCUT2D eigenvalue weighted by atomic mass is 16.4. The first-order valence-electron chi connectivity index (χ1n) is 5.68. The van der Waals surface area contributed by atoms with Crippen LogP contribution < -0.4 is 10.6 Å². The van der Waals surface area contributed by atoms with Gasteiger partial charge in [-0.15, -0.1) is 0 Å². The molecule has 2 heterocycles. The van der Waals surface area contributed by atoms with Gasteiger partial charge < -0.3 is 15.7 Å². The highest BCUT2D eigenvalue weighted by molar-refractivity contribution is 6.15. The van der Waals surface area contributed by atoms with Crippen molar-refractivity contribution >= 4 is 29.3 Å². The largest absolute Gasteiger partial charge is 0.465 e. The van der Waals surface area contributed by atoms with Crippen molar-refractivity contribution in [3.8, 4) is 0 Å². The van der Waals surface area contributed by atoms with E-state index in [9.17, 15) is 19.5 Å². The SMILES string of the molecule is CN(C(=O)O)C12CC(=O)Nc3cccc(c31)NC2=O. The summed E-state index contributed by atoms with van der Waals surface area (Å²) < 4.78 is 0. The van der Waals surface area contributed by atoms with Gasteiger partial charge in [-0.05, 0) is 12.1 Å². The molecule has 0 saturated carbocycles. The van der Waals surface area contributed by atoms with E-state index in [4.69, 9.17) is 0 Å². The van der Waals surface area contributed by atoms with Crippen molar-refractivity contribution in [2.24, 2.45) is 0 Å². The smallest absolute Gasteiger partial charge is 0.408 e. The van der Waals surface area contributed by atoms with Crippen molar-refractivity contribution in [2.75, 3.05) is 17.7 Å². The van der Waals surface area contributed by atoms with Crippen LogP contribution in [0.15, 0.2) is 18.2 Å². The van der Waals surface area contributed by atoms with Crippen LogP contribution in [0.3, 0.4) is 0 Å². The van der Waals surface area contributed by atoms with E-state index < -0.39 is 17.5 Å². The number of carbonyl (C=O) groups is 3. The van der Waals surface area contributed by atoms with Crippen LogP contribution in [0.5, 0.6) is 0 Å². The number of hydrogen-bond donors (Lipinski definition) is 3. The van der Waals surface area contributed by atoms with E-state index in [1.54, 1.807) is 18.2 Å². The van der Waals surface area contributed by atoms with Gasteiger partial charge >= 0.3 is 6.09 Å². The summed E-state index contributed by atoms with van der Waals surface area (Å²) in [5.74, 6) is -0.871. The van der Waals surface area contributed by atoms with Gasteiger partial charge in [0.1, 0.15) is 0 Å². The Labute approximate surface area is 108 Å². The number of nitrogens with one attached hydrogen (secondary N) is 2. The first kappa shape index (κ1) is 11.5. The molecule has 7 heteroatoms. The van der Waals surface area contributed by atoms with E-state index in [1.807, 2.05) is 0 Å². The fourth-order valence-corrected chi connectivity index (χ4v) is 2.74. The fourth-order valence-electron chi connectivity index (χ4n) is 2.74. The Hall–Kier alpha value is -2.57. The maximum Gasteiger partial charge on any atom is 0.408 e. The number of hydrogen-bond acceptors (Lipinski definition) is 3. The molecule has 0 bridgehead atoms. The summed E-state index contributed by atoms with van der Waals surface area (Å²) in [6.45, 7) is 0. The van der Waals surface area contributed by atoms with Crippen LogP contribution in [0.2, 0.25) is 0 Å². The number of carbonyl (C=O) groups excluding carboxylic acids is 2. The monoisotopic (exact) mass is 261 g/mol. The summed E-state index contributed by atoms with van der Waals surface area (Å²) in [5, 5.41) is 14.5. The third-order valence-electron chi connectivity index (χ3n) is 3.65. The number of amides is 3. The van der Waals surface area contributed by atoms with Crippen molar-refractivity contribution < 1.29 is 19.5 Å². The van der Waals surface area contributed by atoms with Gasteiger partial charge in [-0.25, -0.2) is 4.79 Å². The average molecular weight is 261 g/mol. The van der Waals surface area contributed by atoms with Crippen molar-refractivity contribution in [1.82, 2.24) is 4.90 Å². The Kier molecular flexibility index (Phi) is 2.10. The molecule has 2 aliphatic heterocycles. The van der Waals surface area contributed by atoms with Crippen LogP contribution in [0.1, 0.15) is 12.0 Å². The second kappa shape index (κ2) is 3.47. The zero-order valence-corrected chi connectivity index (χ0v) is 10.1. The molecule has 19 heavy (non-hydrogen) atoms. The minimum atomic E-state index is -1.47. The van der Waals surface area contributed by atoms with E-state index >= 15 is 0 Å². The van der Waals surface area contributed by atoms with Gasteiger partial charge in [-0.1, -0.05) is 6.07 Å². The number of likely N-dealkylation sites (N-methyl/N-ethyl adjacent to an activating group) is 1.